The lowest BCUT2D eigenvalue weighted by Crippen LogP contribution is -2.01. The van der Waals surface area contributed by atoms with Gasteiger partial charge in [0.1, 0.15) is 11.6 Å². The quantitative estimate of drug-likeness (QED) is 0.279. The van der Waals surface area contributed by atoms with Crippen molar-refractivity contribution in [2.45, 2.75) is 32.4 Å². The Morgan fingerprint density at radius 1 is 0.781 bits per heavy atom. The topological polar surface area (TPSA) is 0 Å². The molecule has 0 heterocycles. The lowest BCUT2D eigenvalue weighted by molar-refractivity contribution is -0.0790. The van der Waals surface area contributed by atoms with Gasteiger partial charge in [-0.25, -0.2) is 8.78 Å². The lowest BCUT2D eigenvalue weighted by Gasteiger charge is -2.04. The average Bonchev–Trinajstić information content (AvgIpc) is 2.76. The van der Waals surface area contributed by atoms with Gasteiger partial charge in [-0.05, 0) is 59.9 Å². The SMILES string of the molecule is CCCCc1ccc(-c2ccc(C#Cc3cc(F)c(C=CC(F)(F)F)c(F)c3)cc2)cc1. The van der Waals surface area contributed by atoms with Gasteiger partial charge >= 0.3 is 6.18 Å². The highest BCUT2D eigenvalue weighted by Gasteiger charge is 2.22. The monoisotopic (exact) mass is 440 g/mol. The summed E-state index contributed by atoms with van der Waals surface area (Å²) < 4.78 is 64.8. The highest BCUT2D eigenvalue weighted by molar-refractivity contribution is 5.65. The van der Waals surface area contributed by atoms with Crippen LogP contribution >= 0.6 is 0 Å². The van der Waals surface area contributed by atoms with E-state index in [9.17, 15) is 22.0 Å². The van der Waals surface area contributed by atoms with E-state index >= 15 is 0 Å². The van der Waals surface area contributed by atoms with E-state index in [0.29, 0.717) is 11.6 Å². The molecule has 0 radical (unpaired) electrons. The van der Waals surface area contributed by atoms with Gasteiger partial charge < -0.3 is 0 Å². The summed E-state index contributed by atoms with van der Waals surface area (Å²) in [5.41, 5.74) is 3.34. The highest BCUT2D eigenvalue weighted by Crippen LogP contribution is 2.23. The van der Waals surface area contributed by atoms with Gasteiger partial charge in [-0.2, -0.15) is 13.2 Å². The van der Waals surface area contributed by atoms with Crippen LogP contribution < -0.4 is 0 Å². The molecule has 0 saturated heterocycles. The van der Waals surface area contributed by atoms with Crippen LogP contribution in [0.15, 0.2) is 66.7 Å². The third-order valence-corrected chi connectivity index (χ3v) is 4.86. The predicted octanol–water partition coefficient (Wildman–Crippen LogP) is 7.95. The molecule has 0 N–H and O–H groups in total. The summed E-state index contributed by atoms with van der Waals surface area (Å²) >= 11 is 0. The number of hydrogen-bond acceptors (Lipinski definition) is 0. The molecule has 0 aliphatic heterocycles. The summed E-state index contributed by atoms with van der Waals surface area (Å²) in [6.07, 6.45) is -1.11. The Morgan fingerprint density at radius 3 is 1.84 bits per heavy atom. The Hall–Kier alpha value is -3.39. The van der Waals surface area contributed by atoms with Crippen LogP contribution in [0, 0.1) is 23.5 Å². The minimum Gasteiger partial charge on any atom is -0.206 e. The summed E-state index contributed by atoms with van der Waals surface area (Å²) in [6.45, 7) is 2.16. The van der Waals surface area contributed by atoms with Gasteiger partial charge in [-0.3, -0.25) is 0 Å². The van der Waals surface area contributed by atoms with E-state index in [1.807, 2.05) is 12.1 Å². The van der Waals surface area contributed by atoms with Crippen LogP contribution in [0.5, 0.6) is 0 Å². The van der Waals surface area contributed by atoms with E-state index in [2.05, 4.69) is 43.0 Å². The molecule has 0 amide bonds. The molecule has 5 heteroatoms. The second kappa shape index (κ2) is 10.3. The third kappa shape index (κ3) is 6.55. The molecule has 0 aromatic heterocycles. The number of aryl methyl sites for hydroxylation is 1. The minimum atomic E-state index is -4.65. The fourth-order valence-electron chi connectivity index (χ4n) is 3.13. The first-order chi connectivity index (χ1) is 15.2. The molecule has 3 aromatic rings. The standard InChI is InChI=1S/C27H21F5/c1-2-3-4-19-7-11-22(12-8-19)23-13-9-20(10-14-23)5-6-21-17-25(28)24(26(29)18-21)15-16-27(30,31)32/h7-18H,2-4H2,1H3. The van der Waals surface area contributed by atoms with Crippen molar-refractivity contribution in [1.82, 2.24) is 0 Å². The van der Waals surface area contributed by atoms with Crippen LogP contribution in [0.4, 0.5) is 22.0 Å². The summed E-state index contributed by atoms with van der Waals surface area (Å²) in [5, 5.41) is 0. The van der Waals surface area contributed by atoms with Crippen LogP contribution in [-0.2, 0) is 6.42 Å². The molecule has 3 aromatic carbocycles. The number of unbranched alkanes of at least 4 members (excludes halogenated alkanes) is 1. The molecule has 164 valence electrons. The molecule has 0 bridgehead atoms. The van der Waals surface area contributed by atoms with Crippen molar-refractivity contribution in [2.24, 2.45) is 0 Å². The van der Waals surface area contributed by atoms with E-state index in [0.717, 1.165) is 42.5 Å². The maximum atomic E-state index is 14.0. The molecule has 0 aliphatic carbocycles. The van der Waals surface area contributed by atoms with Crippen molar-refractivity contribution >= 4 is 6.08 Å². The van der Waals surface area contributed by atoms with E-state index in [4.69, 9.17) is 0 Å². The van der Waals surface area contributed by atoms with Crippen molar-refractivity contribution in [3.05, 3.63) is 101 Å². The van der Waals surface area contributed by atoms with Crippen molar-refractivity contribution in [2.75, 3.05) is 0 Å². The number of alkyl halides is 3. The Bertz CT molecular complexity index is 1120. The molecule has 0 nitrogen and oxygen atoms in total. The van der Waals surface area contributed by atoms with Gasteiger partial charge in [0.25, 0.3) is 0 Å². The van der Waals surface area contributed by atoms with Crippen molar-refractivity contribution in [1.29, 1.82) is 0 Å². The normalized spacial score (nSPS) is 11.4. The van der Waals surface area contributed by atoms with Crippen LogP contribution in [0.25, 0.3) is 17.2 Å². The molecular weight excluding hydrogens is 419 g/mol. The maximum absolute atomic E-state index is 14.0. The van der Waals surface area contributed by atoms with Gasteiger partial charge in [0.15, 0.2) is 0 Å². The first-order valence-corrected chi connectivity index (χ1v) is 10.2. The summed E-state index contributed by atoms with van der Waals surface area (Å²) in [5.74, 6) is 3.26. The van der Waals surface area contributed by atoms with E-state index in [-0.39, 0.29) is 11.6 Å². The fourth-order valence-corrected chi connectivity index (χ4v) is 3.13. The van der Waals surface area contributed by atoms with Crippen LogP contribution in [0.2, 0.25) is 0 Å². The van der Waals surface area contributed by atoms with Gasteiger partial charge in [-0.15, -0.1) is 0 Å². The zero-order valence-corrected chi connectivity index (χ0v) is 17.4. The lowest BCUT2D eigenvalue weighted by atomic mass is 10.0. The van der Waals surface area contributed by atoms with E-state index in [1.54, 1.807) is 12.1 Å². The maximum Gasteiger partial charge on any atom is 0.409 e. The average molecular weight is 440 g/mol. The van der Waals surface area contributed by atoms with Gasteiger partial charge in [0, 0.05) is 22.8 Å². The minimum absolute atomic E-state index is 0.0379. The molecule has 0 aliphatic rings. The number of benzene rings is 3. The molecule has 0 saturated carbocycles. The molecule has 0 unspecified atom stereocenters. The Labute approximate surface area is 184 Å². The first-order valence-electron chi connectivity index (χ1n) is 10.2. The Morgan fingerprint density at radius 2 is 1.31 bits per heavy atom. The number of allylic oxidation sites excluding steroid dienone is 1. The molecule has 0 spiro atoms. The zero-order valence-electron chi connectivity index (χ0n) is 17.4. The summed E-state index contributed by atoms with van der Waals surface area (Å²) in [6, 6.07) is 17.7. The molecule has 0 atom stereocenters. The summed E-state index contributed by atoms with van der Waals surface area (Å²) in [7, 11) is 0. The van der Waals surface area contributed by atoms with E-state index < -0.39 is 23.4 Å². The molecule has 0 fully saturated rings. The summed E-state index contributed by atoms with van der Waals surface area (Å²) in [4.78, 5) is 0. The number of halogens is 5. The van der Waals surface area contributed by atoms with Crippen molar-refractivity contribution in [3.8, 4) is 23.0 Å². The molecular formula is C27H21F5. The third-order valence-electron chi connectivity index (χ3n) is 4.86. The van der Waals surface area contributed by atoms with Crippen LogP contribution in [-0.4, -0.2) is 6.18 Å². The van der Waals surface area contributed by atoms with Gasteiger partial charge in [0.2, 0.25) is 0 Å². The molecule has 32 heavy (non-hydrogen) atoms. The second-order valence-corrected chi connectivity index (χ2v) is 7.36. The van der Waals surface area contributed by atoms with Gasteiger partial charge in [-0.1, -0.05) is 61.6 Å². The van der Waals surface area contributed by atoms with Gasteiger partial charge in [0.05, 0.1) is 0 Å². The second-order valence-electron chi connectivity index (χ2n) is 7.36. The number of hydrogen-bond donors (Lipinski definition) is 0. The smallest absolute Gasteiger partial charge is 0.206 e. The Balaban J connectivity index is 1.74. The Kier molecular flexibility index (Phi) is 7.48. The number of rotatable bonds is 5. The van der Waals surface area contributed by atoms with Crippen molar-refractivity contribution < 1.29 is 22.0 Å². The van der Waals surface area contributed by atoms with Crippen molar-refractivity contribution in [3.63, 3.8) is 0 Å². The molecule has 3 rings (SSSR count). The van der Waals surface area contributed by atoms with Crippen LogP contribution in [0.3, 0.4) is 0 Å². The predicted molar refractivity (Wildman–Crippen MR) is 118 cm³/mol. The first kappa shape index (κ1) is 23.3. The largest absolute Gasteiger partial charge is 0.409 e. The zero-order chi connectivity index (χ0) is 23.1. The van der Waals surface area contributed by atoms with E-state index in [1.165, 1.54) is 5.56 Å². The van der Waals surface area contributed by atoms with Crippen LogP contribution in [0.1, 0.15) is 42.0 Å². The fraction of sp³-hybridized carbons (Fsp3) is 0.185. The highest BCUT2D eigenvalue weighted by atomic mass is 19.4.